The van der Waals surface area contributed by atoms with Crippen LogP contribution in [0.15, 0.2) is 11.6 Å². The van der Waals surface area contributed by atoms with Crippen molar-refractivity contribution in [1.29, 1.82) is 0 Å². The highest BCUT2D eigenvalue weighted by atomic mass is 16.4. The summed E-state index contributed by atoms with van der Waals surface area (Å²) in [6, 6.07) is 0. The molecular weight excluding hydrogens is 332 g/mol. The van der Waals surface area contributed by atoms with Crippen LogP contribution in [-0.4, -0.2) is 34.4 Å². The number of carbonyl (C=O) groups is 3. The van der Waals surface area contributed by atoms with Crippen LogP contribution < -0.4 is 0 Å². The Morgan fingerprint density at radius 2 is 1.88 bits per heavy atom. The molecule has 0 aromatic carbocycles. The summed E-state index contributed by atoms with van der Waals surface area (Å²) in [5.74, 6) is -0.775. The first-order valence-corrected chi connectivity index (χ1v) is 9.95. The number of aliphatic hydroxyl groups is 1. The fraction of sp³-hybridized carbons (Fsp3) is 0.762. The first-order chi connectivity index (χ1) is 12.3. The van der Waals surface area contributed by atoms with E-state index in [2.05, 4.69) is 6.92 Å². The highest BCUT2D eigenvalue weighted by molar-refractivity contribution is 5.92. The molecule has 0 spiro atoms. The van der Waals surface area contributed by atoms with Crippen molar-refractivity contribution in [3.8, 4) is 0 Å². The molecule has 4 rings (SSSR count). The fourth-order valence-electron chi connectivity index (χ4n) is 7.21. The van der Waals surface area contributed by atoms with Gasteiger partial charge in [-0.15, -0.1) is 0 Å². The van der Waals surface area contributed by atoms with Crippen LogP contribution in [0.3, 0.4) is 0 Å². The van der Waals surface area contributed by atoms with E-state index in [1.807, 2.05) is 6.08 Å². The van der Waals surface area contributed by atoms with Crippen molar-refractivity contribution in [2.75, 3.05) is 6.61 Å². The summed E-state index contributed by atoms with van der Waals surface area (Å²) in [5.41, 5.74) is 0.266. The molecule has 0 saturated heterocycles. The van der Waals surface area contributed by atoms with Gasteiger partial charge in [0.05, 0.1) is 5.41 Å². The van der Waals surface area contributed by atoms with Crippen molar-refractivity contribution in [2.45, 2.75) is 58.3 Å². The Bertz CT molecular complexity index is 695. The molecule has 3 saturated carbocycles. The van der Waals surface area contributed by atoms with Crippen LogP contribution in [0, 0.1) is 34.5 Å². The number of rotatable bonds is 3. The average Bonchev–Trinajstić information content (AvgIpc) is 3.02. The molecule has 5 heteroatoms. The molecule has 0 heterocycles. The molecule has 0 bridgehead atoms. The number of fused-ring (bicyclic) bond motifs is 5. The Kier molecular flexibility index (Phi) is 4.14. The van der Waals surface area contributed by atoms with Crippen molar-refractivity contribution in [3.63, 3.8) is 0 Å². The quantitative estimate of drug-likeness (QED) is 0.807. The second kappa shape index (κ2) is 6.01. The molecule has 0 aliphatic heterocycles. The molecule has 3 fully saturated rings. The topological polar surface area (TPSA) is 91.7 Å². The number of hydrogen-bond acceptors (Lipinski definition) is 4. The zero-order valence-electron chi connectivity index (χ0n) is 15.4. The summed E-state index contributed by atoms with van der Waals surface area (Å²) >= 11 is 0. The second-order valence-electron chi connectivity index (χ2n) is 9.11. The number of aliphatic hydroxyl groups excluding tert-OH is 1. The summed E-state index contributed by atoms with van der Waals surface area (Å²) in [7, 11) is 0. The van der Waals surface area contributed by atoms with Crippen molar-refractivity contribution in [3.05, 3.63) is 11.6 Å². The largest absolute Gasteiger partial charge is 0.481 e. The van der Waals surface area contributed by atoms with E-state index in [0.717, 1.165) is 32.1 Å². The van der Waals surface area contributed by atoms with Gasteiger partial charge in [-0.1, -0.05) is 12.5 Å². The first-order valence-electron chi connectivity index (χ1n) is 9.95. The van der Waals surface area contributed by atoms with Crippen molar-refractivity contribution < 1.29 is 24.6 Å². The second-order valence-corrected chi connectivity index (χ2v) is 9.11. The van der Waals surface area contributed by atoms with E-state index in [1.165, 1.54) is 5.57 Å². The normalized spacial score (nSPS) is 44.5. The Balaban J connectivity index is 1.71. The number of aliphatic carboxylic acids is 1. The molecule has 0 amide bonds. The maximum atomic E-state index is 12.4. The first kappa shape index (κ1) is 17.9. The van der Waals surface area contributed by atoms with Crippen molar-refractivity contribution >= 4 is 17.5 Å². The van der Waals surface area contributed by atoms with Crippen molar-refractivity contribution in [1.82, 2.24) is 0 Å². The molecule has 0 unspecified atom stereocenters. The molecule has 4 aliphatic carbocycles. The minimum atomic E-state index is -0.997. The zero-order chi connectivity index (χ0) is 18.7. The highest BCUT2D eigenvalue weighted by Crippen LogP contribution is 2.66. The van der Waals surface area contributed by atoms with Gasteiger partial charge < -0.3 is 10.2 Å². The van der Waals surface area contributed by atoms with Gasteiger partial charge in [-0.05, 0) is 74.2 Å². The maximum Gasteiger partial charge on any atom is 0.310 e. The smallest absolute Gasteiger partial charge is 0.310 e. The van der Waals surface area contributed by atoms with Crippen molar-refractivity contribution in [2.24, 2.45) is 34.5 Å². The SMILES string of the molecule is C[C@]12CCC(=O)C=C1CC[C@H]1[C@@H]3CC[C@H](C(=O)CO)[C@@]3(C(=O)O)CC[C@@H]12. The number of hydrogen-bond donors (Lipinski definition) is 2. The molecular formula is C21H28O5. The molecule has 0 aromatic heterocycles. The van der Waals surface area contributed by atoms with E-state index in [0.29, 0.717) is 31.1 Å². The van der Waals surface area contributed by atoms with Crippen LogP contribution in [0.2, 0.25) is 0 Å². The third kappa shape index (κ3) is 2.22. The molecule has 2 N–H and O–H groups in total. The molecule has 0 radical (unpaired) electrons. The predicted octanol–water partition coefficient (Wildman–Crippen LogP) is 2.76. The predicted molar refractivity (Wildman–Crippen MR) is 94.3 cm³/mol. The Morgan fingerprint density at radius 3 is 2.58 bits per heavy atom. The summed E-state index contributed by atoms with van der Waals surface area (Å²) < 4.78 is 0. The minimum Gasteiger partial charge on any atom is -0.481 e. The third-order valence-electron chi connectivity index (χ3n) is 8.42. The number of Topliss-reactive ketones (excluding diaryl/α,β-unsaturated/α-hetero) is 1. The lowest BCUT2D eigenvalue weighted by Crippen LogP contribution is -2.55. The molecule has 26 heavy (non-hydrogen) atoms. The van der Waals surface area contributed by atoms with Crippen LogP contribution >= 0.6 is 0 Å². The molecule has 0 aromatic rings. The van der Waals surface area contributed by atoms with E-state index in [4.69, 9.17) is 0 Å². The molecule has 4 aliphatic rings. The summed E-state index contributed by atoms with van der Waals surface area (Å²) in [6.07, 6.45) is 7.74. The number of carboxylic acids is 1. The van der Waals surface area contributed by atoms with Crippen LogP contribution in [0.25, 0.3) is 0 Å². The van der Waals surface area contributed by atoms with E-state index < -0.39 is 23.9 Å². The fourth-order valence-corrected chi connectivity index (χ4v) is 7.21. The average molecular weight is 360 g/mol. The lowest BCUT2D eigenvalue weighted by molar-refractivity contribution is -0.168. The minimum absolute atomic E-state index is 0.000560. The number of ketones is 2. The number of carbonyl (C=O) groups excluding carboxylic acids is 2. The lowest BCUT2D eigenvalue weighted by Gasteiger charge is -2.57. The highest BCUT2D eigenvalue weighted by Gasteiger charge is 2.65. The van der Waals surface area contributed by atoms with Gasteiger partial charge in [0.1, 0.15) is 6.61 Å². The van der Waals surface area contributed by atoms with Gasteiger partial charge in [0, 0.05) is 12.3 Å². The Hall–Kier alpha value is -1.49. The number of carboxylic acid groups (broad SMARTS) is 1. The molecule has 5 nitrogen and oxygen atoms in total. The monoisotopic (exact) mass is 360 g/mol. The van der Waals surface area contributed by atoms with Gasteiger partial charge >= 0.3 is 5.97 Å². The third-order valence-corrected chi connectivity index (χ3v) is 8.42. The van der Waals surface area contributed by atoms with Gasteiger partial charge in [0.25, 0.3) is 0 Å². The van der Waals surface area contributed by atoms with Gasteiger partial charge in [-0.3, -0.25) is 14.4 Å². The van der Waals surface area contributed by atoms with Gasteiger partial charge in [0.15, 0.2) is 11.6 Å². The maximum absolute atomic E-state index is 12.4. The Labute approximate surface area is 153 Å². The summed E-state index contributed by atoms with van der Waals surface area (Å²) in [5, 5.41) is 19.5. The Morgan fingerprint density at radius 1 is 1.12 bits per heavy atom. The van der Waals surface area contributed by atoms with Crippen LogP contribution in [0.4, 0.5) is 0 Å². The van der Waals surface area contributed by atoms with Gasteiger partial charge in [-0.25, -0.2) is 0 Å². The van der Waals surface area contributed by atoms with E-state index >= 15 is 0 Å². The van der Waals surface area contributed by atoms with E-state index in [-0.39, 0.29) is 22.9 Å². The van der Waals surface area contributed by atoms with Gasteiger partial charge in [-0.2, -0.15) is 0 Å². The van der Waals surface area contributed by atoms with Gasteiger partial charge in [0.2, 0.25) is 0 Å². The van der Waals surface area contributed by atoms with E-state index in [9.17, 15) is 24.6 Å². The number of allylic oxidation sites excluding steroid dienone is 1. The lowest BCUT2D eigenvalue weighted by atomic mass is 9.46. The summed E-state index contributed by atoms with van der Waals surface area (Å²) in [6.45, 7) is 1.70. The zero-order valence-corrected chi connectivity index (χ0v) is 15.4. The van der Waals surface area contributed by atoms with Crippen LogP contribution in [-0.2, 0) is 14.4 Å². The molecule has 6 atom stereocenters. The standard InChI is InChI=1S/C21H28O5/c1-20-8-6-13(23)10-12(20)2-3-14-15(20)7-9-21(19(25)26)16(14)4-5-17(21)18(24)11-22/h10,14-17,22H,2-9,11H2,1H3,(H,25,26)/t14-,15+,16+,17-,20+,21-/m1/s1. The summed E-state index contributed by atoms with van der Waals surface area (Å²) in [4.78, 5) is 36.6. The molecule has 142 valence electrons. The van der Waals surface area contributed by atoms with Crippen LogP contribution in [0.1, 0.15) is 58.3 Å². The van der Waals surface area contributed by atoms with Crippen LogP contribution in [0.5, 0.6) is 0 Å². The van der Waals surface area contributed by atoms with E-state index in [1.54, 1.807) is 0 Å².